The van der Waals surface area contributed by atoms with E-state index in [4.69, 9.17) is 4.74 Å². The number of ether oxygens (including phenoxy) is 1. The maximum Gasteiger partial charge on any atom is 0.0465 e. The molecular weight excluding hydrogens is 116 g/mol. The molecule has 1 aliphatic heterocycles. The molecule has 1 fully saturated rings. The van der Waals surface area contributed by atoms with Gasteiger partial charge in [0.1, 0.15) is 0 Å². The van der Waals surface area contributed by atoms with Gasteiger partial charge in [-0.3, -0.25) is 0 Å². The van der Waals surface area contributed by atoms with Crippen LogP contribution in [0.4, 0.5) is 0 Å². The first-order chi connectivity index (χ1) is 3.89. The zero-order valence-corrected chi connectivity index (χ0v) is 7.52. The van der Waals surface area contributed by atoms with Gasteiger partial charge in [-0.2, -0.15) is 0 Å². The molecule has 2 heteroatoms. The first kappa shape index (κ1) is 6.30. The minimum Gasteiger partial charge on any atom is -0.383 e. The molecule has 1 atom stereocenters. The molecule has 0 N–H and O–H groups in total. The Morgan fingerprint density at radius 2 is 2.12 bits per heavy atom. The van der Waals surface area contributed by atoms with Crippen LogP contribution in [0.5, 0.6) is 0 Å². The molecule has 1 saturated heterocycles. The fourth-order valence-electron chi connectivity index (χ4n) is 1.08. The molecule has 0 aliphatic carbocycles. The van der Waals surface area contributed by atoms with Gasteiger partial charge in [-0.15, -0.1) is 0 Å². The van der Waals surface area contributed by atoms with E-state index < -0.39 is 0 Å². The molecule has 8 heavy (non-hydrogen) atoms. The van der Waals surface area contributed by atoms with Crippen LogP contribution in [-0.2, 0) is 4.74 Å². The van der Waals surface area contributed by atoms with Crippen molar-refractivity contribution in [2.24, 2.45) is 0 Å². The van der Waals surface area contributed by atoms with E-state index in [0.29, 0.717) is 5.73 Å². The van der Waals surface area contributed by atoms with Crippen molar-refractivity contribution in [2.75, 3.05) is 6.61 Å². The Labute approximate surface area is 53.8 Å². The summed E-state index contributed by atoms with van der Waals surface area (Å²) < 4.78 is 5.46. The molecule has 48 valence electrons. The van der Waals surface area contributed by atoms with Crippen LogP contribution in [0.2, 0.25) is 0 Å². The summed E-state index contributed by atoms with van der Waals surface area (Å²) in [6.45, 7) is 1.02. The molecule has 1 unspecified atom stereocenters. The minimum atomic E-state index is 0.664. The van der Waals surface area contributed by atoms with Crippen LogP contribution in [0.3, 0.4) is 0 Å². The molecule has 1 heterocycles. The fraction of sp³-hybridized carbons (Fsp3) is 1.00. The molecule has 0 amide bonds. The van der Waals surface area contributed by atoms with Crippen molar-refractivity contribution < 1.29 is 4.74 Å². The van der Waals surface area contributed by atoms with Gasteiger partial charge in [0.2, 0.25) is 0 Å². The molecule has 0 radical (unpaired) electrons. The third-order valence-corrected chi connectivity index (χ3v) is 2.57. The predicted molar refractivity (Wildman–Crippen MR) is 38.1 cm³/mol. The Kier molecular flexibility index (Phi) is 2.56. The van der Waals surface area contributed by atoms with Crippen molar-refractivity contribution >= 4 is 10.2 Å². The molecule has 0 spiro atoms. The van der Waals surface area contributed by atoms with Crippen LogP contribution in [0.1, 0.15) is 25.7 Å². The molecule has 0 saturated carbocycles. The quantitative estimate of drug-likeness (QED) is 0.428. The number of hydrogen-bond acceptors (Lipinski definition) is 1. The van der Waals surface area contributed by atoms with E-state index in [9.17, 15) is 0 Å². The largest absolute Gasteiger partial charge is 0.383 e. The summed E-state index contributed by atoms with van der Waals surface area (Å²) in [6, 6.07) is 0. The lowest BCUT2D eigenvalue weighted by atomic mass is 10.2. The fourth-order valence-corrected chi connectivity index (χ4v) is 1.72. The maximum atomic E-state index is 5.46. The number of hydrogen-bond donors (Lipinski definition) is 0. The minimum absolute atomic E-state index is 0.664. The Hall–Kier alpha value is 0.177. The molecular formula is C6H14OSi. The van der Waals surface area contributed by atoms with Crippen LogP contribution >= 0.6 is 0 Å². The van der Waals surface area contributed by atoms with Crippen molar-refractivity contribution in [1.82, 2.24) is 0 Å². The Balaban J connectivity index is 2.17. The smallest absolute Gasteiger partial charge is 0.0465 e. The van der Waals surface area contributed by atoms with Gasteiger partial charge < -0.3 is 4.74 Å². The van der Waals surface area contributed by atoms with Crippen molar-refractivity contribution in [2.45, 2.75) is 31.4 Å². The first-order valence-electron chi connectivity index (χ1n) is 3.51. The summed E-state index contributed by atoms with van der Waals surface area (Å²) in [5.41, 5.74) is 0.664. The van der Waals surface area contributed by atoms with E-state index in [0.717, 1.165) is 6.61 Å². The average Bonchev–Trinajstić information content (AvgIpc) is 1.94. The second-order valence-corrected chi connectivity index (χ2v) is 3.82. The van der Waals surface area contributed by atoms with Gasteiger partial charge in [-0.1, -0.05) is 12.8 Å². The van der Waals surface area contributed by atoms with E-state index in [1.165, 1.54) is 35.9 Å². The molecule has 1 aliphatic rings. The highest BCUT2D eigenvalue weighted by Gasteiger charge is 2.04. The lowest BCUT2D eigenvalue weighted by Gasteiger charge is -2.05. The highest BCUT2D eigenvalue weighted by Crippen LogP contribution is 2.09. The monoisotopic (exact) mass is 130 g/mol. The van der Waals surface area contributed by atoms with Crippen molar-refractivity contribution in [3.63, 3.8) is 0 Å². The van der Waals surface area contributed by atoms with E-state index in [1.807, 2.05) is 0 Å². The zero-order chi connectivity index (χ0) is 5.82. The Morgan fingerprint density at radius 1 is 1.25 bits per heavy atom. The van der Waals surface area contributed by atoms with Crippen molar-refractivity contribution in [1.29, 1.82) is 0 Å². The van der Waals surface area contributed by atoms with Crippen molar-refractivity contribution in [3.8, 4) is 0 Å². The highest BCUT2D eigenvalue weighted by atomic mass is 28.1. The van der Waals surface area contributed by atoms with E-state index >= 15 is 0 Å². The molecule has 0 aromatic rings. The molecule has 1 rings (SSSR count). The van der Waals surface area contributed by atoms with Gasteiger partial charge >= 0.3 is 0 Å². The van der Waals surface area contributed by atoms with Crippen LogP contribution < -0.4 is 0 Å². The average molecular weight is 130 g/mol. The van der Waals surface area contributed by atoms with E-state index in [-0.39, 0.29) is 0 Å². The summed E-state index contributed by atoms with van der Waals surface area (Å²) >= 11 is 0. The van der Waals surface area contributed by atoms with E-state index in [2.05, 4.69) is 0 Å². The third kappa shape index (κ3) is 1.97. The van der Waals surface area contributed by atoms with Crippen molar-refractivity contribution in [3.05, 3.63) is 0 Å². The first-order valence-corrected chi connectivity index (χ1v) is 4.66. The van der Waals surface area contributed by atoms with Gasteiger partial charge in [0.25, 0.3) is 0 Å². The van der Waals surface area contributed by atoms with Crippen LogP contribution in [-0.4, -0.2) is 22.6 Å². The lowest BCUT2D eigenvalue weighted by Crippen LogP contribution is -2.09. The summed E-state index contributed by atoms with van der Waals surface area (Å²) in [6.07, 6.45) is 5.40. The zero-order valence-electron chi connectivity index (χ0n) is 5.52. The summed E-state index contributed by atoms with van der Waals surface area (Å²) in [4.78, 5) is 0. The van der Waals surface area contributed by atoms with Crippen LogP contribution in [0.25, 0.3) is 0 Å². The standard InChI is InChI=1S/C6H14OSi/c8-6-4-2-1-3-5-7-6/h6H,1-5H2,8H3. The normalized spacial score (nSPS) is 32.2. The Morgan fingerprint density at radius 3 is 3.00 bits per heavy atom. The predicted octanol–water partition coefficient (Wildman–Crippen LogP) is 0.268. The summed E-state index contributed by atoms with van der Waals surface area (Å²) in [5.74, 6) is 0. The van der Waals surface area contributed by atoms with Gasteiger partial charge in [0.05, 0.1) is 0 Å². The van der Waals surface area contributed by atoms with Crippen LogP contribution in [0.15, 0.2) is 0 Å². The molecule has 1 nitrogen and oxygen atoms in total. The van der Waals surface area contributed by atoms with Gasteiger partial charge in [-0.25, -0.2) is 0 Å². The summed E-state index contributed by atoms with van der Waals surface area (Å²) in [7, 11) is 1.23. The molecule has 0 aromatic carbocycles. The second kappa shape index (κ2) is 3.25. The Bertz CT molecular complexity index is 57.5. The summed E-state index contributed by atoms with van der Waals surface area (Å²) in [5, 5.41) is 0. The van der Waals surface area contributed by atoms with Gasteiger partial charge in [0, 0.05) is 22.6 Å². The SMILES string of the molecule is [SiH3]C1CCCCCO1. The number of rotatable bonds is 0. The van der Waals surface area contributed by atoms with Crippen LogP contribution in [0, 0.1) is 0 Å². The highest BCUT2D eigenvalue weighted by molar-refractivity contribution is 6.10. The van der Waals surface area contributed by atoms with Gasteiger partial charge in [-0.05, 0) is 12.8 Å². The topological polar surface area (TPSA) is 9.23 Å². The lowest BCUT2D eigenvalue weighted by molar-refractivity contribution is 0.114. The third-order valence-electron chi connectivity index (χ3n) is 1.66. The molecule has 0 aromatic heterocycles. The second-order valence-electron chi connectivity index (χ2n) is 2.53. The van der Waals surface area contributed by atoms with E-state index in [1.54, 1.807) is 0 Å². The van der Waals surface area contributed by atoms with Gasteiger partial charge in [0.15, 0.2) is 0 Å². The maximum absolute atomic E-state index is 5.46. The molecule has 0 bridgehead atoms.